The summed E-state index contributed by atoms with van der Waals surface area (Å²) in [6.07, 6.45) is 2.54. The summed E-state index contributed by atoms with van der Waals surface area (Å²) in [5.74, 6) is 0.0931. The van der Waals surface area contributed by atoms with Crippen molar-refractivity contribution in [2.75, 3.05) is 13.1 Å². The minimum atomic E-state index is -0.00631. The fourth-order valence-corrected chi connectivity index (χ4v) is 2.91. The van der Waals surface area contributed by atoms with Crippen molar-refractivity contribution in [1.29, 1.82) is 0 Å². The molecular formula is C12H20ClN3OS. The molecule has 4 nitrogen and oxygen atoms in total. The van der Waals surface area contributed by atoms with Crippen molar-refractivity contribution in [1.82, 2.24) is 9.88 Å². The summed E-state index contributed by atoms with van der Waals surface area (Å²) in [7, 11) is 0. The lowest BCUT2D eigenvalue weighted by atomic mass is 9.79. The summed E-state index contributed by atoms with van der Waals surface area (Å²) >= 11 is 1.46. The number of rotatable bonds is 1. The average molecular weight is 290 g/mol. The fraction of sp³-hybridized carbons (Fsp3) is 0.667. The Kier molecular flexibility index (Phi) is 4.75. The van der Waals surface area contributed by atoms with E-state index in [1.165, 1.54) is 11.3 Å². The molecule has 1 aromatic heterocycles. The Bertz CT molecular complexity index is 433. The molecule has 1 atom stereocenters. The molecular weight excluding hydrogens is 270 g/mol. The Morgan fingerprint density at radius 1 is 1.61 bits per heavy atom. The normalized spacial score (nSPS) is 22.4. The highest BCUT2D eigenvalue weighted by atomic mass is 35.5. The second-order valence-corrected chi connectivity index (χ2v) is 6.59. The van der Waals surface area contributed by atoms with Gasteiger partial charge in [0.1, 0.15) is 4.88 Å². The maximum atomic E-state index is 12.3. The first-order valence-electron chi connectivity index (χ1n) is 5.87. The van der Waals surface area contributed by atoms with Crippen molar-refractivity contribution in [2.45, 2.75) is 33.2 Å². The predicted molar refractivity (Wildman–Crippen MR) is 76.4 cm³/mol. The molecule has 1 unspecified atom stereocenters. The second-order valence-electron chi connectivity index (χ2n) is 5.35. The third-order valence-electron chi connectivity index (χ3n) is 3.43. The molecule has 1 aromatic rings. The van der Waals surface area contributed by atoms with E-state index in [9.17, 15) is 4.79 Å². The molecule has 0 spiro atoms. The van der Waals surface area contributed by atoms with Crippen LogP contribution in [0, 0.1) is 12.3 Å². The van der Waals surface area contributed by atoms with Crippen LogP contribution in [-0.2, 0) is 0 Å². The highest BCUT2D eigenvalue weighted by Crippen LogP contribution is 2.29. The van der Waals surface area contributed by atoms with Gasteiger partial charge in [-0.3, -0.25) is 4.79 Å². The molecule has 1 fully saturated rings. The maximum Gasteiger partial charge on any atom is 0.265 e. The van der Waals surface area contributed by atoms with E-state index in [0.717, 1.165) is 29.4 Å². The monoisotopic (exact) mass is 289 g/mol. The van der Waals surface area contributed by atoms with E-state index in [2.05, 4.69) is 18.8 Å². The number of nitrogens with two attached hydrogens (primary N) is 1. The van der Waals surface area contributed by atoms with Crippen LogP contribution in [0.4, 0.5) is 0 Å². The van der Waals surface area contributed by atoms with E-state index in [-0.39, 0.29) is 29.8 Å². The van der Waals surface area contributed by atoms with E-state index in [1.807, 2.05) is 11.8 Å². The number of thiazole rings is 1. The number of likely N-dealkylation sites (tertiary alicyclic amines) is 1. The van der Waals surface area contributed by atoms with Crippen LogP contribution >= 0.6 is 23.7 Å². The Morgan fingerprint density at radius 2 is 2.28 bits per heavy atom. The highest BCUT2D eigenvalue weighted by Gasteiger charge is 2.35. The number of hydrogen-bond donors (Lipinski definition) is 1. The van der Waals surface area contributed by atoms with Gasteiger partial charge >= 0.3 is 0 Å². The summed E-state index contributed by atoms with van der Waals surface area (Å²) in [5, 5.41) is 0.932. The quantitative estimate of drug-likeness (QED) is 0.861. The van der Waals surface area contributed by atoms with Crippen LogP contribution in [0.25, 0.3) is 0 Å². The Morgan fingerprint density at radius 3 is 2.78 bits per heavy atom. The molecule has 0 aliphatic carbocycles. The third kappa shape index (κ3) is 3.02. The third-order valence-corrected chi connectivity index (χ3v) is 4.33. The van der Waals surface area contributed by atoms with Crippen LogP contribution in [0.1, 0.15) is 34.9 Å². The minimum absolute atomic E-state index is 0. The van der Waals surface area contributed by atoms with Crippen LogP contribution < -0.4 is 5.73 Å². The van der Waals surface area contributed by atoms with E-state index in [0.29, 0.717) is 0 Å². The Labute approximate surface area is 118 Å². The van der Waals surface area contributed by atoms with Gasteiger partial charge in [0.15, 0.2) is 0 Å². The number of carbonyl (C=O) groups excluding carboxylic acids is 1. The topological polar surface area (TPSA) is 59.2 Å². The van der Waals surface area contributed by atoms with Gasteiger partial charge in [0, 0.05) is 19.1 Å². The van der Waals surface area contributed by atoms with E-state index in [4.69, 9.17) is 5.73 Å². The predicted octanol–water partition coefficient (Wildman–Crippen LogP) is 2.07. The first kappa shape index (κ1) is 15.4. The van der Waals surface area contributed by atoms with Crippen molar-refractivity contribution in [3.05, 3.63) is 16.1 Å². The number of halogens is 1. The molecule has 1 amide bonds. The van der Waals surface area contributed by atoms with Gasteiger partial charge in [0.05, 0.1) is 11.2 Å². The number of piperidine rings is 1. The van der Waals surface area contributed by atoms with Crippen molar-refractivity contribution in [2.24, 2.45) is 11.1 Å². The largest absolute Gasteiger partial charge is 0.337 e. The molecule has 0 saturated carbocycles. The van der Waals surface area contributed by atoms with Gasteiger partial charge in [-0.1, -0.05) is 13.8 Å². The van der Waals surface area contributed by atoms with Gasteiger partial charge in [-0.15, -0.1) is 23.7 Å². The number of aryl methyl sites for hydroxylation is 1. The summed E-state index contributed by atoms with van der Waals surface area (Å²) < 4.78 is 0. The van der Waals surface area contributed by atoms with Gasteiger partial charge in [-0.05, 0) is 18.8 Å². The number of carbonyl (C=O) groups is 1. The van der Waals surface area contributed by atoms with Gasteiger partial charge in [-0.25, -0.2) is 4.98 Å². The van der Waals surface area contributed by atoms with Crippen molar-refractivity contribution in [3.8, 4) is 0 Å². The molecule has 2 N–H and O–H groups in total. The molecule has 1 aliphatic heterocycles. The minimum Gasteiger partial charge on any atom is -0.337 e. The van der Waals surface area contributed by atoms with Crippen LogP contribution in [0.2, 0.25) is 0 Å². The first-order chi connectivity index (χ1) is 7.90. The molecule has 1 saturated heterocycles. The molecule has 0 radical (unpaired) electrons. The highest BCUT2D eigenvalue weighted by molar-refractivity contribution is 7.13. The maximum absolute atomic E-state index is 12.3. The van der Waals surface area contributed by atoms with Crippen molar-refractivity contribution >= 4 is 29.7 Å². The van der Waals surface area contributed by atoms with Crippen LogP contribution in [0.15, 0.2) is 6.20 Å². The second kappa shape index (κ2) is 5.55. The zero-order chi connectivity index (χ0) is 12.6. The van der Waals surface area contributed by atoms with Crippen LogP contribution in [0.3, 0.4) is 0 Å². The lowest BCUT2D eigenvalue weighted by molar-refractivity contribution is 0.0537. The number of aromatic nitrogens is 1. The SMILES string of the molecule is Cc1ncc(C(=O)N2CCC(N)C(C)(C)C2)s1.Cl. The fourth-order valence-electron chi connectivity index (χ4n) is 2.16. The lowest BCUT2D eigenvalue weighted by Gasteiger charge is -2.42. The summed E-state index contributed by atoms with van der Waals surface area (Å²) in [6, 6.07) is 0.176. The van der Waals surface area contributed by atoms with E-state index in [1.54, 1.807) is 6.20 Å². The zero-order valence-electron chi connectivity index (χ0n) is 11.0. The molecule has 2 rings (SSSR count). The first-order valence-corrected chi connectivity index (χ1v) is 6.69. The van der Waals surface area contributed by atoms with Crippen molar-refractivity contribution in [3.63, 3.8) is 0 Å². The lowest BCUT2D eigenvalue weighted by Crippen LogP contribution is -2.53. The molecule has 6 heteroatoms. The molecule has 0 aromatic carbocycles. The average Bonchev–Trinajstić information content (AvgIpc) is 2.68. The van der Waals surface area contributed by atoms with Crippen LogP contribution in [0.5, 0.6) is 0 Å². The van der Waals surface area contributed by atoms with Gasteiger partial charge in [0.2, 0.25) is 0 Å². The van der Waals surface area contributed by atoms with Crippen LogP contribution in [-0.4, -0.2) is 34.9 Å². The smallest absolute Gasteiger partial charge is 0.265 e. The number of nitrogens with zero attached hydrogens (tertiary/aromatic N) is 2. The molecule has 102 valence electrons. The van der Waals surface area contributed by atoms with E-state index < -0.39 is 0 Å². The standard InChI is InChI=1S/C12H19N3OS.ClH/c1-8-14-6-9(17-8)11(16)15-5-4-10(13)12(2,3)7-15;/h6,10H,4-5,7,13H2,1-3H3;1H. The summed E-state index contributed by atoms with van der Waals surface area (Å²) in [4.78, 5) is 19.0. The van der Waals surface area contributed by atoms with Gasteiger partial charge in [0.25, 0.3) is 5.91 Å². The molecule has 18 heavy (non-hydrogen) atoms. The van der Waals surface area contributed by atoms with E-state index >= 15 is 0 Å². The number of hydrogen-bond acceptors (Lipinski definition) is 4. The summed E-state index contributed by atoms with van der Waals surface area (Å²) in [5.41, 5.74) is 6.06. The van der Waals surface area contributed by atoms with Gasteiger partial charge < -0.3 is 10.6 Å². The Hall–Kier alpha value is -0.650. The van der Waals surface area contributed by atoms with Crippen molar-refractivity contribution < 1.29 is 4.79 Å². The Balaban J connectivity index is 0.00000162. The zero-order valence-corrected chi connectivity index (χ0v) is 12.6. The molecule has 2 heterocycles. The van der Waals surface area contributed by atoms with Gasteiger partial charge in [-0.2, -0.15) is 0 Å². The number of amides is 1. The molecule has 0 bridgehead atoms. The summed E-state index contributed by atoms with van der Waals surface area (Å²) in [6.45, 7) is 7.63. The molecule has 1 aliphatic rings.